The van der Waals surface area contributed by atoms with Gasteiger partial charge >= 0.3 is 0 Å². The van der Waals surface area contributed by atoms with Crippen molar-refractivity contribution < 1.29 is 9.59 Å². The van der Waals surface area contributed by atoms with Gasteiger partial charge in [0.1, 0.15) is 4.83 Å². The fourth-order valence-electron chi connectivity index (χ4n) is 4.04. The van der Waals surface area contributed by atoms with Crippen LogP contribution in [0.3, 0.4) is 0 Å². The lowest BCUT2D eigenvalue weighted by Gasteiger charge is -2.35. The number of hydrogen-bond acceptors (Lipinski definition) is 5. The lowest BCUT2D eigenvalue weighted by Crippen LogP contribution is -2.45. The lowest BCUT2D eigenvalue weighted by atomic mass is 10.0. The number of nitrogens with one attached hydrogen (secondary N) is 1. The summed E-state index contributed by atoms with van der Waals surface area (Å²) < 4.78 is 1.88. The van der Waals surface area contributed by atoms with Crippen LogP contribution in [0.5, 0.6) is 0 Å². The van der Waals surface area contributed by atoms with Crippen molar-refractivity contribution in [3.05, 3.63) is 47.0 Å². The van der Waals surface area contributed by atoms with Crippen LogP contribution in [-0.4, -0.2) is 71.2 Å². The van der Waals surface area contributed by atoms with Crippen LogP contribution < -0.4 is 5.32 Å². The molecule has 1 fully saturated rings. The van der Waals surface area contributed by atoms with Crippen molar-refractivity contribution in [2.75, 3.05) is 33.7 Å². The summed E-state index contributed by atoms with van der Waals surface area (Å²) in [6, 6.07) is 12.1. The summed E-state index contributed by atoms with van der Waals surface area (Å²) in [5.74, 6) is -0.0586. The zero-order chi connectivity index (χ0) is 22.0. The van der Waals surface area contributed by atoms with E-state index in [4.69, 9.17) is 0 Å². The second-order valence-electron chi connectivity index (χ2n) is 8.21. The molecule has 3 heterocycles. The summed E-state index contributed by atoms with van der Waals surface area (Å²) in [5.41, 5.74) is 1.86. The minimum absolute atomic E-state index is 0.0850. The molecule has 1 aliphatic heterocycles. The molecule has 1 aromatic carbocycles. The van der Waals surface area contributed by atoms with Gasteiger partial charge in [-0.05, 0) is 58.1 Å². The number of fused-ring (bicyclic) bond motifs is 1. The Bertz CT molecular complexity index is 1070. The Morgan fingerprint density at radius 1 is 1.23 bits per heavy atom. The maximum atomic E-state index is 12.7. The monoisotopic (exact) mass is 439 g/mol. The zero-order valence-electron chi connectivity index (χ0n) is 18.3. The van der Waals surface area contributed by atoms with Gasteiger partial charge in [0.2, 0.25) is 5.91 Å². The summed E-state index contributed by atoms with van der Waals surface area (Å²) in [5, 5.41) is 8.51. The van der Waals surface area contributed by atoms with Crippen molar-refractivity contribution in [3.63, 3.8) is 0 Å². The van der Waals surface area contributed by atoms with E-state index in [9.17, 15) is 9.59 Å². The van der Waals surface area contributed by atoms with Crippen LogP contribution >= 0.6 is 11.3 Å². The number of nitrogens with zero attached hydrogens (tertiary/aromatic N) is 4. The number of thiophene rings is 1. The molecule has 0 radical (unpaired) electrons. The van der Waals surface area contributed by atoms with Crippen molar-refractivity contribution in [2.24, 2.45) is 0 Å². The number of aryl methyl sites for hydroxylation is 1. The number of benzene rings is 1. The number of likely N-dealkylation sites (tertiary alicyclic amines) is 1. The molecule has 0 bridgehead atoms. The minimum atomic E-state index is -0.144. The molecule has 3 aromatic rings. The Kier molecular flexibility index (Phi) is 6.38. The van der Waals surface area contributed by atoms with Crippen LogP contribution in [0.2, 0.25) is 0 Å². The van der Waals surface area contributed by atoms with Gasteiger partial charge in [-0.15, -0.1) is 11.3 Å². The van der Waals surface area contributed by atoms with Gasteiger partial charge in [0.15, 0.2) is 0 Å². The van der Waals surface area contributed by atoms with E-state index in [1.54, 1.807) is 0 Å². The molecule has 1 saturated heterocycles. The van der Waals surface area contributed by atoms with Gasteiger partial charge in [-0.3, -0.25) is 9.59 Å². The van der Waals surface area contributed by atoms with Crippen LogP contribution in [0.25, 0.3) is 15.9 Å². The molecule has 2 aromatic heterocycles. The number of rotatable bonds is 6. The molecule has 0 spiro atoms. The molecule has 4 rings (SSSR count). The molecule has 1 N–H and O–H groups in total. The standard InChI is InChI=1S/C23H29N5O2S/c1-16-19-15-20(31-23(19)28(25-16)18-7-5-4-6-8-18)22(30)24-12-9-21(29)27(3)17-10-13-26(2)14-11-17/h4-8,15,17H,9-14H2,1-3H3,(H,24,30). The first kappa shape index (κ1) is 21.5. The third kappa shape index (κ3) is 4.65. The van der Waals surface area contributed by atoms with E-state index in [-0.39, 0.29) is 11.8 Å². The van der Waals surface area contributed by atoms with Crippen molar-refractivity contribution in [3.8, 4) is 5.69 Å². The van der Waals surface area contributed by atoms with Crippen molar-refractivity contribution in [2.45, 2.75) is 32.2 Å². The van der Waals surface area contributed by atoms with Crippen LogP contribution in [-0.2, 0) is 4.79 Å². The number of aromatic nitrogens is 2. The van der Waals surface area contributed by atoms with Crippen LogP contribution in [0.4, 0.5) is 0 Å². The van der Waals surface area contributed by atoms with Gasteiger partial charge in [-0.2, -0.15) is 5.10 Å². The maximum Gasteiger partial charge on any atom is 0.261 e. The van der Waals surface area contributed by atoms with Gasteiger partial charge in [0.05, 0.1) is 16.3 Å². The number of piperidine rings is 1. The van der Waals surface area contributed by atoms with E-state index in [0.29, 0.717) is 23.9 Å². The van der Waals surface area contributed by atoms with E-state index in [1.807, 2.05) is 60.0 Å². The highest BCUT2D eigenvalue weighted by Gasteiger charge is 2.24. The first-order chi connectivity index (χ1) is 14.9. The molecular weight excluding hydrogens is 410 g/mol. The summed E-state index contributed by atoms with van der Waals surface area (Å²) in [7, 11) is 3.99. The van der Waals surface area contributed by atoms with E-state index in [1.165, 1.54) is 11.3 Å². The Balaban J connectivity index is 1.36. The van der Waals surface area contributed by atoms with E-state index in [2.05, 4.69) is 22.4 Å². The molecule has 1 aliphatic rings. The summed E-state index contributed by atoms with van der Waals surface area (Å²) in [6.07, 6.45) is 2.33. The van der Waals surface area contributed by atoms with Gasteiger partial charge in [-0.25, -0.2) is 4.68 Å². The molecule has 2 amide bonds. The molecule has 0 aliphatic carbocycles. The Morgan fingerprint density at radius 3 is 2.65 bits per heavy atom. The molecule has 0 atom stereocenters. The Labute approximate surface area is 186 Å². The van der Waals surface area contributed by atoms with Crippen molar-refractivity contribution >= 4 is 33.4 Å². The predicted octanol–water partition coefficient (Wildman–Crippen LogP) is 3.07. The average Bonchev–Trinajstić information content (AvgIpc) is 3.35. The molecule has 7 nitrogen and oxygen atoms in total. The number of carbonyl (C=O) groups is 2. The predicted molar refractivity (Wildman–Crippen MR) is 124 cm³/mol. The second kappa shape index (κ2) is 9.20. The van der Waals surface area contributed by atoms with Crippen molar-refractivity contribution in [1.82, 2.24) is 24.9 Å². The van der Waals surface area contributed by atoms with Gasteiger partial charge < -0.3 is 15.1 Å². The van der Waals surface area contributed by atoms with Gasteiger partial charge in [0, 0.05) is 31.4 Å². The normalized spacial score (nSPS) is 15.3. The Morgan fingerprint density at radius 2 is 1.94 bits per heavy atom. The smallest absolute Gasteiger partial charge is 0.261 e. The van der Waals surface area contributed by atoms with Crippen LogP contribution in [0, 0.1) is 6.92 Å². The quantitative estimate of drug-likeness (QED) is 0.641. The van der Waals surface area contributed by atoms with Crippen molar-refractivity contribution in [1.29, 1.82) is 0 Å². The highest BCUT2D eigenvalue weighted by Crippen LogP contribution is 2.30. The maximum absolute atomic E-state index is 12.7. The molecule has 0 saturated carbocycles. The third-order valence-electron chi connectivity index (χ3n) is 6.02. The zero-order valence-corrected chi connectivity index (χ0v) is 19.1. The van der Waals surface area contributed by atoms with E-state index >= 15 is 0 Å². The van der Waals surface area contributed by atoms with Crippen LogP contribution in [0.15, 0.2) is 36.4 Å². The molecule has 164 valence electrons. The largest absolute Gasteiger partial charge is 0.351 e. The highest BCUT2D eigenvalue weighted by atomic mass is 32.1. The minimum Gasteiger partial charge on any atom is -0.351 e. The topological polar surface area (TPSA) is 70.5 Å². The lowest BCUT2D eigenvalue weighted by molar-refractivity contribution is -0.132. The fourth-order valence-corrected chi connectivity index (χ4v) is 5.13. The van der Waals surface area contributed by atoms with E-state index in [0.717, 1.165) is 47.5 Å². The number of carbonyl (C=O) groups excluding carboxylic acids is 2. The van der Waals surface area contributed by atoms with Gasteiger partial charge in [0.25, 0.3) is 5.91 Å². The van der Waals surface area contributed by atoms with Crippen LogP contribution in [0.1, 0.15) is 34.6 Å². The summed E-state index contributed by atoms with van der Waals surface area (Å²) in [6.45, 7) is 4.33. The fraction of sp³-hybridized carbons (Fsp3) is 0.435. The average molecular weight is 440 g/mol. The third-order valence-corrected chi connectivity index (χ3v) is 7.13. The summed E-state index contributed by atoms with van der Waals surface area (Å²) in [4.78, 5) is 31.0. The molecule has 31 heavy (non-hydrogen) atoms. The second-order valence-corrected chi connectivity index (χ2v) is 9.24. The van der Waals surface area contributed by atoms with E-state index < -0.39 is 0 Å². The number of amides is 2. The molecule has 8 heteroatoms. The van der Waals surface area contributed by atoms with Gasteiger partial charge in [-0.1, -0.05) is 18.2 Å². The SMILES string of the molecule is Cc1nn(-c2ccccc2)c2sc(C(=O)NCCC(=O)N(C)C3CCN(C)CC3)cc12. The molecule has 0 unspecified atom stereocenters. The first-order valence-corrected chi connectivity index (χ1v) is 11.5. The molecular formula is C23H29N5O2S. The Hall–Kier alpha value is -2.71. The number of hydrogen-bond donors (Lipinski definition) is 1. The number of para-hydroxylation sites is 1. The summed E-state index contributed by atoms with van der Waals surface area (Å²) >= 11 is 1.42. The highest BCUT2D eigenvalue weighted by molar-refractivity contribution is 7.20. The first-order valence-electron chi connectivity index (χ1n) is 10.7.